The van der Waals surface area contributed by atoms with Crippen LogP contribution in [0.15, 0.2) is 24.3 Å². The van der Waals surface area contributed by atoms with Gasteiger partial charge in [0.2, 0.25) is 0 Å². The molecule has 1 heterocycles. The lowest BCUT2D eigenvalue weighted by molar-refractivity contribution is -0.178. The topological polar surface area (TPSA) is 119 Å². The fraction of sp³-hybridized carbons (Fsp3) is 0.417. The molecular formula is C12H15NO6. The molecule has 1 aliphatic rings. The summed E-state index contributed by atoms with van der Waals surface area (Å²) in [5.74, 6) is -1.03. The molecule has 4 atom stereocenters. The molecule has 19 heavy (non-hydrogen) atoms. The van der Waals surface area contributed by atoms with Crippen LogP contribution in [0.3, 0.4) is 0 Å². The summed E-state index contributed by atoms with van der Waals surface area (Å²) in [4.78, 5) is 10.7. The Hall–Kier alpha value is -1.67. The summed E-state index contributed by atoms with van der Waals surface area (Å²) in [6, 6.07) is 5.87. The van der Waals surface area contributed by atoms with Crippen LogP contribution < -0.4 is 5.32 Å². The quantitative estimate of drug-likeness (QED) is 0.489. The van der Waals surface area contributed by atoms with Crippen molar-refractivity contribution in [2.24, 2.45) is 0 Å². The van der Waals surface area contributed by atoms with E-state index < -0.39 is 30.5 Å². The van der Waals surface area contributed by atoms with Crippen molar-refractivity contribution in [2.45, 2.75) is 24.5 Å². The molecule has 1 fully saturated rings. The number of carboxylic acid groups (broad SMARTS) is 1. The number of rotatable bonds is 3. The van der Waals surface area contributed by atoms with Crippen molar-refractivity contribution in [1.82, 2.24) is 0 Å². The summed E-state index contributed by atoms with van der Waals surface area (Å²) >= 11 is 0. The molecule has 1 aliphatic heterocycles. The highest BCUT2D eigenvalue weighted by Gasteiger charge is 2.37. The zero-order valence-corrected chi connectivity index (χ0v) is 9.93. The van der Waals surface area contributed by atoms with E-state index in [4.69, 9.17) is 9.84 Å². The first-order valence-electron chi connectivity index (χ1n) is 5.74. The number of hydrogen-bond donors (Lipinski definition) is 5. The van der Waals surface area contributed by atoms with Crippen molar-refractivity contribution in [3.05, 3.63) is 29.8 Å². The summed E-state index contributed by atoms with van der Waals surface area (Å²) in [5.41, 5.74) is 0.684. The van der Waals surface area contributed by atoms with Gasteiger partial charge >= 0.3 is 5.97 Å². The van der Waals surface area contributed by atoms with Crippen LogP contribution in [0.2, 0.25) is 0 Å². The van der Waals surface area contributed by atoms with Gasteiger partial charge in [-0.3, -0.25) is 0 Å². The molecular weight excluding hydrogens is 254 g/mol. The average molecular weight is 269 g/mol. The summed E-state index contributed by atoms with van der Waals surface area (Å²) in [6.07, 6.45) is -4.55. The third-order valence-corrected chi connectivity index (χ3v) is 2.94. The van der Waals surface area contributed by atoms with Gasteiger partial charge in [-0.05, 0) is 24.3 Å². The molecule has 1 saturated heterocycles. The largest absolute Gasteiger partial charge is 0.478 e. The fourth-order valence-electron chi connectivity index (χ4n) is 1.81. The lowest BCUT2D eigenvalue weighted by atomic mass is 10.0. The predicted molar refractivity (Wildman–Crippen MR) is 64.8 cm³/mol. The Labute approximate surface area is 109 Å². The second-order valence-electron chi connectivity index (χ2n) is 4.33. The van der Waals surface area contributed by atoms with Crippen LogP contribution in [0.5, 0.6) is 0 Å². The van der Waals surface area contributed by atoms with Crippen LogP contribution in [0.1, 0.15) is 10.4 Å². The van der Waals surface area contributed by atoms with E-state index in [1.165, 1.54) is 24.3 Å². The molecule has 7 nitrogen and oxygen atoms in total. The van der Waals surface area contributed by atoms with E-state index in [0.717, 1.165) is 0 Å². The molecule has 0 radical (unpaired) electrons. The Kier molecular flexibility index (Phi) is 4.01. The number of carboxylic acids is 1. The van der Waals surface area contributed by atoms with Gasteiger partial charge in [0.15, 0.2) is 6.23 Å². The van der Waals surface area contributed by atoms with Crippen molar-refractivity contribution >= 4 is 11.7 Å². The molecule has 0 aliphatic carbocycles. The van der Waals surface area contributed by atoms with E-state index in [1.807, 2.05) is 0 Å². The lowest BCUT2D eigenvalue weighted by Gasteiger charge is -2.35. The van der Waals surface area contributed by atoms with E-state index >= 15 is 0 Å². The SMILES string of the molecule is O=C(O)c1ccc(NC2OCC(O)[C@H](O)[C@H]2O)cc1. The van der Waals surface area contributed by atoms with Gasteiger partial charge in [-0.15, -0.1) is 0 Å². The van der Waals surface area contributed by atoms with Crippen LogP contribution >= 0.6 is 0 Å². The maximum absolute atomic E-state index is 10.7. The van der Waals surface area contributed by atoms with E-state index in [-0.39, 0.29) is 12.2 Å². The molecule has 2 rings (SSSR count). The van der Waals surface area contributed by atoms with Gasteiger partial charge in [0.25, 0.3) is 0 Å². The lowest BCUT2D eigenvalue weighted by Crippen LogP contribution is -2.55. The summed E-state index contributed by atoms with van der Waals surface area (Å²) < 4.78 is 5.17. The van der Waals surface area contributed by atoms with Crippen molar-refractivity contribution in [1.29, 1.82) is 0 Å². The van der Waals surface area contributed by atoms with Gasteiger partial charge in [0.05, 0.1) is 12.2 Å². The number of aliphatic hydroxyl groups excluding tert-OH is 3. The Morgan fingerprint density at radius 1 is 1.16 bits per heavy atom. The minimum atomic E-state index is -1.29. The third-order valence-electron chi connectivity index (χ3n) is 2.94. The Morgan fingerprint density at radius 3 is 2.37 bits per heavy atom. The highest BCUT2D eigenvalue weighted by molar-refractivity contribution is 5.87. The van der Waals surface area contributed by atoms with Gasteiger partial charge in [-0.25, -0.2) is 4.79 Å². The third kappa shape index (κ3) is 3.02. The standard InChI is InChI=1S/C12H15NO6/c14-8-5-19-11(10(16)9(8)15)13-7-3-1-6(2-4-7)12(17)18/h1-4,8-11,13-16H,5H2,(H,17,18)/t8?,9-,10+,11?/m0/s1. The molecule has 0 bridgehead atoms. The first kappa shape index (κ1) is 13.8. The number of benzene rings is 1. The van der Waals surface area contributed by atoms with Crippen molar-refractivity contribution < 1.29 is 30.0 Å². The maximum atomic E-state index is 10.7. The smallest absolute Gasteiger partial charge is 0.335 e. The average Bonchev–Trinajstić information content (AvgIpc) is 2.40. The molecule has 0 spiro atoms. The number of carbonyl (C=O) groups is 1. The summed E-state index contributed by atoms with van der Waals surface area (Å²) in [7, 11) is 0. The Balaban J connectivity index is 2.03. The van der Waals surface area contributed by atoms with Crippen LogP contribution in [-0.2, 0) is 4.74 Å². The molecule has 0 amide bonds. The Bertz CT molecular complexity index is 448. The molecule has 1 aromatic rings. The number of aromatic carboxylic acids is 1. The number of hydrogen-bond acceptors (Lipinski definition) is 6. The fourth-order valence-corrected chi connectivity index (χ4v) is 1.81. The Morgan fingerprint density at radius 2 is 1.79 bits per heavy atom. The number of ether oxygens (including phenoxy) is 1. The van der Waals surface area contributed by atoms with Gasteiger partial charge < -0.3 is 30.5 Å². The zero-order valence-electron chi connectivity index (χ0n) is 9.93. The van der Waals surface area contributed by atoms with Gasteiger partial charge in [0.1, 0.15) is 18.3 Å². The van der Waals surface area contributed by atoms with E-state index in [1.54, 1.807) is 0 Å². The molecule has 7 heteroatoms. The first-order chi connectivity index (χ1) is 8.99. The second-order valence-corrected chi connectivity index (χ2v) is 4.33. The molecule has 5 N–H and O–H groups in total. The van der Waals surface area contributed by atoms with Crippen molar-refractivity contribution in [3.8, 4) is 0 Å². The predicted octanol–water partition coefficient (Wildman–Crippen LogP) is -0.764. The monoisotopic (exact) mass is 269 g/mol. The zero-order chi connectivity index (χ0) is 14.0. The van der Waals surface area contributed by atoms with E-state index in [2.05, 4.69) is 5.32 Å². The molecule has 104 valence electrons. The van der Waals surface area contributed by atoms with Crippen molar-refractivity contribution in [2.75, 3.05) is 11.9 Å². The first-order valence-corrected chi connectivity index (χ1v) is 5.74. The van der Waals surface area contributed by atoms with Crippen LogP contribution in [0.4, 0.5) is 5.69 Å². The van der Waals surface area contributed by atoms with E-state index in [0.29, 0.717) is 5.69 Å². The highest BCUT2D eigenvalue weighted by Crippen LogP contribution is 2.19. The molecule has 2 unspecified atom stereocenters. The van der Waals surface area contributed by atoms with Crippen molar-refractivity contribution in [3.63, 3.8) is 0 Å². The van der Waals surface area contributed by atoms with Gasteiger partial charge in [-0.2, -0.15) is 0 Å². The summed E-state index contributed by atoms with van der Waals surface area (Å²) in [5, 5.41) is 40.1. The van der Waals surface area contributed by atoms with Gasteiger partial charge in [0, 0.05) is 5.69 Å². The van der Waals surface area contributed by atoms with Crippen LogP contribution in [-0.4, -0.2) is 57.5 Å². The number of nitrogens with one attached hydrogen (secondary N) is 1. The minimum absolute atomic E-state index is 0.0941. The minimum Gasteiger partial charge on any atom is -0.478 e. The summed E-state index contributed by atoms with van der Waals surface area (Å²) in [6.45, 7) is -0.0941. The normalized spacial score (nSPS) is 30.9. The number of aliphatic hydroxyl groups is 3. The van der Waals surface area contributed by atoms with Gasteiger partial charge in [-0.1, -0.05) is 0 Å². The molecule has 0 aromatic heterocycles. The van der Waals surface area contributed by atoms with Crippen LogP contribution in [0.25, 0.3) is 0 Å². The highest BCUT2D eigenvalue weighted by atomic mass is 16.5. The maximum Gasteiger partial charge on any atom is 0.335 e. The van der Waals surface area contributed by atoms with E-state index in [9.17, 15) is 20.1 Å². The molecule has 0 saturated carbocycles. The number of anilines is 1. The van der Waals surface area contributed by atoms with Crippen LogP contribution in [0, 0.1) is 0 Å². The molecule has 1 aromatic carbocycles. The second kappa shape index (κ2) is 5.54.